The molecular formula is C14H16BrFN4. The highest BCUT2D eigenvalue weighted by atomic mass is 79.9. The molecule has 1 N–H and O–H groups in total. The van der Waals surface area contributed by atoms with E-state index in [-0.39, 0.29) is 17.9 Å². The van der Waals surface area contributed by atoms with Crippen LogP contribution in [0.5, 0.6) is 0 Å². The molecule has 0 bridgehead atoms. The molecule has 1 aliphatic rings. The van der Waals surface area contributed by atoms with E-state index in [9.17, 15) is 4.39 Å². The van der Waals surface area contributed by atoms with E-state index in [1.54, 1.807) is 17.1 Å². The lowest BCUT2D eigenvalue weighted by Gasteiger charge is -2.21. The zero-order valence-electron chi connectivity index (χ0n) is 11.2. The molecule has 20 heavy (non-hydrogen) atoms. The van der Waals surface area contributed by atoms with Crippen LogP contribution in [0.2, 0.25) is 0 Å². The van der Waals surface area contributed by atoms with Gasteiger partial charge in [-0.2, -0.15) is 5.10 Å². The van der Waals surface area contributed by atoms with Gasteiger partial charge in [0.1, 0.15) is 18.5 Å². The standard InChI is InChI=1S/C14H16BrFN4/c1-9(6-20-8-17-7-18-20)19-13-5-2-10-12(16)4-3-11(15)14(10)13/h3-4,7-9,13,19H,2,5-6H2,1H3/t9-,13-/m0/s1. The maximum atomic E-state index is 13.8. The van der Waals surface area contributed by atoms with Crippen LogP contribution < -0.4 is 5.32 Å². The van der Waals surface area contributed by atoms with Gasteiger partial charge in [0.25, 0.3) is 0 Å². The summed E-state index contributed by atoms with van der Waals surface area (Å²) < 4.78 is 16.6. The molecule has 0 amide bonds. The summed E-state index contributed by atoms with van der Waals surface area (Å²) >= 11 is 3.54. The topological polar surface area (TPSA) is 42.7 Å². The van der Waals surface area contributed by atoms with Crippen molar-refractivity contribution in [3.8, 4) is 0 Å². The lowest BCUT2D eigenvalue weighted by Crippen LogP contribution is -2.33. The van der Waals surface area contributed by atoms with Gasteiger partial charge in [0.15, 0.2) is 0 Å². The van der Waals surface area contributed by atoms with Gasteiger partial charge in [-0.05, 0) is 43.0 Å². The van der Waals surface area contributed by atoms with Crippen LogP contribution in [0.15, 0.2) is 29.3 Å². The van der Waals surface area contributed by atoms with E-state index >= 15 is 0 Å². The summed E-state index contributed by atoms with van der Waals surface area (Å²) in [7, 11) is 0. The second kappa shape index (κ2) is 5.61. The fourth-order valence-corrected chi connectivity index (χ4v) is 3.49. The Hall–Kier alpha value is -1.27. The second-order valence-electron chi connectivity index (χ2n) is 5.20. The zero-order chi connectivity index (χ0) is 14.1. The number of nitrogens with zero attached hydrogens (tertiary/aromatic N) is 3. The number of hydrogen-bond acceptors (Lipinski definition) is 3. The Morgan fingerprint density at radius 3 is 3.15 bits per heavy atom. The second-order valence-corrected chi connectivity index (χ2v) is 6.05. The molecule has 2 aromatic rings. The number of nitrogens with one attached hydrogen (secondary N) is 1. The maximum absolute atomic E-state index is 13.8. The molecule has 2 atom stereocenters. The van der Waals surface area contributed by atoms with Crippen molar-refractivity contribution in [1.82, 2.24) is 20.1 Å². The Morgan fingerprint density at radius 1 is 1.55 bits per heavy atom. The van der Waals surface area contributed by atoms with Gasteiger partial charge in [0, 0.05) is 16.6 Å². The highest BCUT2D eigenvalue weighted by Gasteiger charge is 2.28. The highest BCUT2D eigenvalue weighted by Crippen LogP contribution is 2.38. The van der Waals surface area contributed by atoms with Gasteiger partial charge >= 0.3 is 0 Å². The van der Waals surface area contributed by atoms with Gasteiger partial charge < -0.3 is 5.32 Å². The molecular weight excluding hydrogens is 323 g/mol. The smallest absolute Gasteiger partial charge is 0.137 e. The molecule has 1 heterocycles. The first-order valence-electron chi connectivity index (χ1n) is 6.70. The number of rotatable bonds is 4. The quantitative estimate of drug-likeness (QED) is 0.932. The fourth-order valence-electron chi connectivity index (χ4n) is 2.84. The van der Waals surface area contributed by atoms with Crippen molar-refractivity contribution < 1.29 is 4.39 Å². The summed E-state index contributed by atoms with van der Waals surface area (Å²) in [6.45, 7) is 2.85. The van der Waals surface area contributed by atoms with Crippen LogP contribution in [0.3, 0.4) is 0 Å². The van der Waals surface area contributed by atoms with Crippen LogP contribution in [-0.2, 0) is 13.0 Å². The van der Waals surface area contributed by atoms with E-state index in [4.69, 9.17) is 0 Å². The molecule has 0 fully saturated rings. The number of aromatic nitrogens is 3. The van der Waals surface area contributed by atoms with E-state index in [1.807, 2.05) is 0 Å². The van der Waals surface area contributed by atoms with Gasteiger partial charge in [-0.3, -0.25) is 4.68 Å². The first-order chi connectivity index (χ1) is 9.65. The van der Waals surface area contributed by atoms with Crippen molar-refractivity contribution in [2.45, 2.75) is 38.4 Å². The average Bonchev–Trinajstić information content (AvgIpc) is 3.04. The van der Waals surface area contributed by atoms with E-state index in [1.165, 1.54) is 12.4 Å². The summed E-state index contributed by atoms with van der Waals surface area (Å²) in [5.74, 6) is -0.101. The highest BCUT2D eigenvalue weighted by molar-refractivity contribution is 9.10. The largest absolute Gasteiger partial charge is 0.306 e. The van der Waals surface area contributed by atoms with Crippen molar-refractivity contribution in [3.05, 3.63) is 46.2 Å². The van der Waals surface area contributed by atoms with Crippen molar-refractivity contribution in [2.24, 2.45) is 0 Å². The first kappa shape index (κ1) is 13.7. The Kier molecular flexibility index (Phi) is 3.85. The molecule has 1 aromatic carbocycles. The normalized spacial score (nSPS) is 19.1. The molecule has 0 spiro atoms. The summed E-state index contributed by atoms with van der Waals surface area (Å²) in [6.07, 6.45) is 4.95. The SMILES string of the molecule is C[C@@H](Cn1cncn1)N[C@H]1CCc2c(F)ccc(Br)c21. The molecule has 0 saturated heterocycles. The first-order valence-corrected chi connectivity index (χ1v) is 7.49. The van der Waals surface area contributed by atoms with Crippen LogP contribution >= 0.6 is 15.9 Å². The van der Waals surface area contributed by atoms with E-state index < -0.39 is 0 Å². The zero-order valence-corrected chi connectivity index (χ0v) is 12.8. The Balaban J connectivity index is 1.73. The molecule has 0 aliphatic heterocycles. The van der Waals surface area contributed by atoms with Crippen LogP contribution in [-0.4, -0.2) is 20.8 Å². The number of halogens is 2. The molecule has 3 rings (SSSR count). The summed E-state index contributed by atoms with van der Waals surface area (Å²) in [5.41, 5.74) is 1.90. The van der Waals surface area contributed by atoms with Gasteiger partial charge in [-0.15, -0.1) is 0 Å². The van der Waals surface area contributed by atoms with Gasteiger partial charge in [-0.25, -0.2) is 9.37 Å². The predicted molar refractivity (Wildman–Crippen MR) is 77.8 cm³/mol. The Morgan fingerprint density at radius 2 is 2.40 bits per heavy atom. The minimum atomic E-state index is -0.101. The van der Waals surface area contributed by atoms with E-state index in [2.05, 4.69) is 38.3 Å². The minimum Gasteiger partial charge on any atom is -0.306 e. The predicted octanol–water partition coefficient (Wildman–Crippen LogP) is 2.85. The van der Waals surface area contributed by atoms with Crippen molar-refractivity contribution in [1.29, 1.82) is 0 Å². The molecule has 6 heteroatoms. The lowest BCUT2D eigenvalue weighted by atomic mass is 10.1. The van der Waals surface area contributed by atoms with E-state index in [0.29, 0.717) is 0 Å². The average molecular weight is 339 g/mol. The summed E-state index contributed by atoms with van der Waals surface area (Å²) in [5, 5.41) is 7.66. The van der Waals surface area contributed by atoms with Crippen molar-refractivity contribution in [3.63, 3.8) is 0 Å². The number of hydrogen-bond donors (Lipinski definition) is 1. The number of fused-ring (bicyclic) bond motifs is 1. The molecule has 106 valence electrons. The van der Waals surface area contributed by atoms with E-state index in [0.717, 1.165) is 35.0 Å². The molecule has 0 unspecified atom stereocenters. The number of benzene rings is 1. The van der Waals surface area contributed by atoms with Crippen molar-refractivity contribution in [2.75, 3.05) is 0 Å². The van der Waals surface area contributed by atoms with Gasteiger partial charge in [0.05, 0.1) is 6.54 Å². The van der Waals surface area contributed by atoms with Crippen LogP contribution in [0, 0.1) is 5.82 Å². The molecule has 1 aromatic heterocycles. The minimum absolute atomic E-state index is 0.101. The lowest BCUT2D eigenvalue weighted by molar-refractivity contribution is 0.397. The third-order valence-electron chi connectivity index (χ3n) is 3.69. The Bertz CT molecular complexity index is 599. The maximum Gasteiger partial charge on any atom is 0.137 e. The van der Waals surface area contributed by atoms with Crippen molar-refractivity contribution >= 4 is 15.9 Å². The summed E-state index contributed by atoms with van der Waals surface area (Å²) in [4.78, 5) is 3.94. The third-order valence-corrected chi connectivity index (χ3v) is 4.38. The third kappa shape index (κ3) is 2.62. The molecule has 0 saturated carbocycles. The van der Waals surface area contributed by atoms with Gasteiger partial charge in [-0.1, -0.05) is 15.9 Å². The summed E-state index contributed by atoms with van der Waals surface area (Å²) in [6, 6.07) is 3.75. The monoisotopic (exact) mass is 338 g/mol. The fraction of sp³-hybridized carbons (Fsp3) is 0.429. The van der Waals surface area contributed by atoms with Crippen LogP contribution in [0.1, 0.15) is 30.5 Å². The van der Waals surface area contributed by atoms with Crippen LogP contribution in [0.4, 0.5) is 4.39 Å². The Labute approximate surface area is 125 Å². The van der Waals surface area contributed by atoms with Gasteiger partial charge in [0.2, 0.25) is 0 Å². The molecule has 1 aliphatic carbocycles. The molecule has 0 radical (unpaired) electrons. The van der Waals surface area contributed by atoms with Crippen LogP contribution in [0.25, 0.3) is 0 Å². The molecule has 4 nitrogen and oxygen atoms in total.